The number of para-hydroxylation sites is 1. The Hall–Kier alpha value is -2.48. The van der Waals surface area contributed by atoms with E-state index in [1.54, 1.807) is 36.4 Å². The fraction of sp³-hybridized carbons (Fsp3) is 0.211. The molecule has 0 spiro atoms. The summed E-state index contributed by atoms with van der Waals surface area (Å²) in [6.45, 7) is 3.82. The van der Waals surface area contributed by atoms with E-state index in [1.165, 1.54) is 11.8 Å². The zero-order valence-electron chi connectivity index (χ0n) is 16.6. The van der Waals surface area contributed by atoms with Crippen LogP contribution < -0.4 is 0 Å². The van der Waals surface area contributed by atoms with Crippen molar-refractivity contribution in [3.8, 4) is 5.69 Å². The molecule has 0 unspecified atom stereocenters. The number of halogens is 4. The molecule has 31 heavy (non-hydrogen) atoms. The van der Waals surface area contributed by atoms with E-state index in [4.69, 9.17) is 56.7 Å². The van der Waals surface area contributed by atoms with Crippen molar-refractivity contribution in [2.75, 3.05) is 7.11 Å². The van der Waals surface area contributed by atoms with Crippen LogP contribution >= 0.6 is 46.4 Å². The standard InChI is InChI=1S/C13H13Cl2N3O2.C6H3Cl2N3/c1-7(2)10-12(13(19)20-3)18(17-16-10)11-8(14)5-4-6-9(11)15;7-4-2-1-3-5(8)6(4)10-11-9/h4-7H,1-3H3;1-3H. The van der Waals surface area contributed by atoms with Gasteiger partial charge in [-0.15, -0.1) is 5.10 Å². The van der Waals surface area contributed by atoms with Crippen LogP contribution in [0.15, 0.2) is 41.5 Å². The molecule has 0 amide bonds. The molecule has 0 radical (unpaired) electrons. The van der Waals surface area contributed by atoms with E-state index in [2.05, 4.69) is 20.3 Å². The van der Waals surface area contributed by atoms with Gasteiger partial charge in [-0.1, -0.05) is 82.7 Å². The number of benzene rings is 2. The minimum absolute atomic E-state index is 0.0131. The molecule has 0 aliphatic rings. The number of esters is 1. The summed E-state index contributed by atoms with van der Waals surface area (Å²) in [4.78, 5) is 14.6. The maximum Gasteiger partial charge on any atom is 0.358 e. The third kappa shape index (κ3) is 5.81. The number of nitrogens with zero attached hydrogens (tertiary/aromatic N) is 6. The van der Waals surface area contributed by atoms with Crippen LogP contribution in [-0.2, 0) is 4.74 Å². The second-order valence-corrected chi connectivity index (χ2v) is 7.84. The van der Waals surface area contributed by atoms with E-state index in [0.29, 0.717) is 31.5 Å². The van der Waals surface area contributed by atoms with Crippen LogP contribution in [0.4, 0.5) is 5.69 Å². The van der Waals surface area contributed by atoms with Crippen LogP contribution in [0.1, 0.15) is 35.9 Å². The second kappa shape index (κ2) is 11.2. The first kappa shape index (κ1) is 24.8. The number of methoxy groups -OCH3 is 1. The molecule has 0 saturated heterocycles. The van der Waals surface area contributed by atoms with Gasteiger partial charge in [0.25, 0.3) is 0 Å². The lowest BCUT2D eigenvalue weighted by Crippen LogP contribution is -2.13. The van der Waals surface area contributed by atoms with E-state index >= 15 is 0 Å². The van der Waals surface area contributed by atoms with E-state index in [0.717, 1.165) is 0 Å². The zero-order valence-corrected chi connectivity index (χ0v) is 19.6. The summed E-state index contributed by atoms with van der Waals surface area (Å²) >= 11 is 23.6. The van der Waals surface area contributed by atoms with Gasteiger partial charge in [0.05, 0.1) is 32.9 Å². The Morgan fingerprint density at radius 1 is 1.06 bits per heavy atom. The van der Waals surface area contributed by atoms with Crippen LogP contribution in [-0.4, -0.2) is 28.1 Å². The van der Waals surface area contributed by atoms with Crippen molar-refractivity contribution in [1.82, 2.24) is 15.0 Å². The summed E-state index contributed by atoms with van der Waals surface area (Å²) in [6.07, 6.45) is 0. The van der Waals surface area contributed by atoms with E-state index in [-0.39, 0.29) is 17.3 Å². The molecular weight excluding hydrogens is 486 g/mol. The predicted octanol–water partition coefficient (Wildman–Crippen LogP) is 7.42. The molecular formula is C19H16Cl4N6O2. The van der Waals surface area contributed by atoms with Gasteiger partial charge in [0.2, 0.25) is 0 Å². The van der Waals surface area contributed by atoms with E-state index < -0.39 is 5.97 Å². The monoisotopic (exact) mass is 500 g/mol. The van der Waals surface area contributed by atoms with Crippen LogP contribution in [0.2, 0.25) is 20.1 Å². The molecule has 8 nitrogen and oxygen atoms in total. The Labute approximate surface area is 198 Å². The SMILES string of the molecule is COC(=O)c1c(C(C)C)nnn1-c1c(Cl)cccc1Cl.[N-]=[N+]=Nc1c(Cl)cccc1Cl. The second-order valence-electron chi connectivity index (χ2n) is 6.21. The molecule has 162 valence electrons. The molecule has 1 heterocycles. The zero-order chi connectivity index (χ0) is 23.1. The first-order valence-corrected chi connectivity index (χ1v) is 10.2. The van der Waals surface area contributed by atoms with Gasteiger partial charge in [-0.25, -0.2) is 9.48 Å². The molecule has 0 aliphatic heterocycles. The molecule has 0 fully saturated rings. The fourth-order valence-electron chi connectivity index (χ4n) is 2.45. The number of carbonyl (C=O) groups excluding carboxylic acids is 1. The number of ether oxygens (including phenoxy) is 1. The Balaban J connectivity index is 0.000000262. The highest BCUT2D eigenvalue weighted by Gasteiger charge is 2.26. The third-order valence-electron chi connectivity index (χ3n) is 3.85. The smallest absolute Gasteiger partial charge is 0.358 e. The Bertz CT molecular complexity index is 1100. The van der Waals surface area contributed by atoms with Gasteiger partial charge in [0, 0.05) is 4.91 Å². The van der Waals surface area contributed by atoms with Crippen molar-refractivity contribution in [3.63, 3.8) is 0 Å². The number of carbonyl (C=O) groups is 1. The van der Waals surface area contributed by atoms with Crippen LogP contribution in [0.25, 0.3) is 16.1 Å². The van der Waals surface area contributed by atoms with Crippen LogP contribution in [0, 0.1) is 0 Å². The van der Waals surface area contributed by atoms with Gasteiger partial charge in [-0.05, 0) is 35.7 Å². The Morgan fingerprint density at radius 3 is 2.03 bits per heavy atom. The van der Waals surface area contributed by atoms with Crippen molar-refractivity contribution in [2.45, 2.75) is 19.8 Å². The average Bonchev–Trinajstić information content (AvgIpc) is 3.16. The summed E-state index contributed by atoms with van der Waals surface area (Å²) in [7, 11) is 1.30. The minimum atomic E-state index is -0.533. The topological polar surface area (TPSA) is 106 Å². The van der Waals surface area contributed by atoms with Crippen LogP contribution in [0.3, 0.4) is 0 Å². The summed E-state index contributed by atoms with van der Waals surface area (Å²) in [5.74, 6) is -0.520. The maximum absolute atomic E-state index is 12.0. The summed E-state index contributed by atoms with van der Waals surface area (Å²) in [5, 5.41) is 12.8. The quantitative estimate of drug-likeness (QED) is 0.160. The average molecular weight is 502 g/mol. The number of rotatable bonds is 4. The fourth-order valence-corrected chi connectivity index (χ4v) is 3.48. The molecule has 0 aliphatic carbocycles. The van der Waals surface area contributed by atoms with Crippen molar-refractivity contribution >= 4 is 58.1 Å². The highest BCUT2D eigenvalue weighted by molar-refractivity contribution is 6.38. The summed E-state index contributed by atoms with van der Waals surface area (Å²) in [6, 6.07) is 9.95. The highest BCUT2D eigenvalue weighted by atomic mass is 35.5. The van der Waals surface area contributed by atoms with Gasteiger partial charge in [0.15, 0.2) is 5.69 Å². The largest absolute Gasteiger partial charge is 0.464 e. The lowest BCUT2D eigenvalue weighted by Gasteiger charge is -2.10. The van der Waals surface area contributed by atoms with Gasteiger partial charge in [-0.2, -0.15) is 0 Å². The highest BCUT2D eigenvalue weighted by Crippen LogP contribution is 2.32. The lowest BCUT2D eigenvalue weighted by atomic mass is 10.1. The van der Waals surface area contributed by atoms with Gasteiger partial charge < -0.3 is 4.74 Å². The van der Waals surface area contributed by atoms with Crippen LogP contribution in [0.5, 0.6) is 0 Å². The number of aromatic nitrogens is 3. The molecule has 0 bridgehead atoms. The molecule has 2 aromatic carbocycles. The molecule has 3 aromatic rings. The number of azide groups is 1. The van der Waals surface area contributed by atoms with Crippen molar-refractivity contribution in [3.05, 3.63) is 78.3 Å². The van der Waals surface area contributed by atoms with E-state index in [9.17, 15) is 4.79 Å². The van der Waals surface area contributed by atoms with Crippen molar-refractivity contribution in [2.24, 2.45) is 5.11 Å². The predicted molar refractivity (Wildman–Crippen MR) is 122 cm³/mol. The molecule has 12 heteroatoms. The molecule has 0 atom stereocenters. The lowest BCUT2D eigenvalue weighted by molar-refractivity contribution is 0.0588. The van der Waals surface area contributed by atoms with Crippen molar-refractivity contribution < 1.29 is 9.53 Å². The normalized spacial score (nSPS) is 10.2. The van der Waals surface area contributed by atoms with Gasteiger partial charge in [0.1, 0.15) is 11.4 Å². The minimum Gasteiger partial charge on any atom is -0.464 e. The summed E-state index contributed by atoms with van der Waals surface area (Å²) in [5.41, 5.74) is 9.57. The Kier molecular flexibility index (Phi) is 8.98. The van der Waals surface area contributed by atoms with Crippen molar-refractivity contribution in [1.29, 1.82) is 0 Å². The maximum atomic E-state index is 12.0. The number of hydrogen-bond acceptors (Lipinski definition) is 5. The first-order valence-electron chi connectivity index (χ1n) is 8.70. The third-order valence-corrected chi connectivity index (χ3v) is 5.07. The summed E-state index contributed by atoms with van der Waals surface area (Å²) < 4.78 is 6.13. The molecule has 3 rings (SSSR count). The molecule has 0 N–H and O–H groups in total. The molecule has 1 aromatic heterocycles. The molecule has 0 saturated carbocycles. The van der Waals surface area contributed by atoms with Gasteiger partial charge in [-0.3, -0.25) is 0 Å². The Morgan fingerprint density at radius 2 is 1.58 bits per heavy atom. The first-order chi connectivity index (χ1) is 14.7. The van der Waals surface area contributed by atoms with E-state index in [1.807, 2.05) is 13.8 Å². The van der Waals surface area contributed by atoms with Gasteiger partial charge >= 0.3 is 5.97 Å². The number of hydrogen-bond donors (Lipinski definition) is 0.